The van der Waals surface area contributed by atoms with Crippen LogP contribution >= 0.6 is 11.6 Å². The van der Waals surface area contributed by atoms with E-state index in [0.29, 0.717) is 0 Å². The van der Waals surface area contributed by atoms with Gasteiger partial charge >= 0.3 is 0 Å². The molecule has 12 heavy (non-hydrogen) atoms. The summed E-state index contributed by atoms with van der Waals surface area (Å²) in [6.07, 6.45) is 11.8. The number of hydrogen-bond donors (Lipinski definition) is 0. The number of rotatable bonds is 7. The summed E-state index contributed by atoms with van der Waals surface area (Å²) in [5.41, 5.74) is 0. The summed E-state index contributed by atoms with van der Waals surface area (Å²) in [4.78, 5) is 0. The molecule has 0 radical (unpaired) electrons. The van der Waals surface area contributed by atoms with E-state index in [1.54, 1.807) is 0 Å². The molecule has 0 aromatic carbocycles. The van der Waals surface area contributed by atoms with Crippen LogP contribution in [0.25, 0.3) is 0 Å². The molecule has 0 aliphatic rings. The van der Waals surface area contributed by atoms with Crippen molar-refractivity contribution in [3.63, 3.8) is 0 Å². The first-order valence-electron chi connectivity index (χ1n) is 5.12. The molecule has 0 aromatic rings. The van der Waals surface area contributed by atoms with E-state index in [2.05, 4.69) is 26.0 Å². The number of halogens is 1. The lowest BCUT2D eigenvalue weighted by Gasteiger charge is -2.02. The lowest BCUT2D eigenvalue weighted by Crippen LogP contribution is -1.92. The fourth-order valence-electron chi connectivity index (χ4n) is 1.15. The van der Waals surface area contributed by atoms with Crippen molar-refractivity contribution in [1.82, 2.24) is 0 Å². The average Bonchev–Trinajstić information content (AvgIpc) is 2.09. The van der Waals surface area contributed by atoms with Gasteiger partial charge in [-0.05, 0) is 12.8 Å². The van der Waals surface area contributed by atoms with Crippen LogP contribution in [-0.2, 0) is 0 Å². The zero-order valence-electron chi connectivity index (χ0n) is 8.35. The molecular weight excluding hydrogens is 168 g/mol. The van der Waals surface area contributed by atoms with E-state index in [4.69, 9.17) is 11.6 Å². The molecule has 72 valence electrons. The highest BCUT2D eigenvalue weighted by Crippen LogP contribution is 2.11. The van der Waals surface area contributed by atoms with Crippen molar-refractivity contribution in [2.75, 3.05) is 0 Å². The van der Waals surface area contributed by atoms with Crippen molar-refractivity contribution in [3.8, 4) is 0 Å². The highest BCUT2D eigenvalue weighted by molar-refractivity contribution is 6.21. The Kier molecular flexibility index (Phi) is 9.14. The maximum absolute atomic E-state index is 6.05. The molecule has 0 aromatic heterocycles. The van der Waals surface area contributed by atoms with E-state index >= 15 is 0 Å². The molecule has 0 spiro atoms. The summed E-state index contributed by atoms with van der Waals surface area (Å²) in [7, 11) is 0. The minimum Gasteiger partial charge on any atom is -0.118 e. The first-order chi connectivity index (χ1) is 5.81. The second-order valence-corrected chi connectivity index (χ2v) is 3.76. The van der Waals surface area contributed by atoms with E-state index < -0.39 is 0 Å². The van der Waals surface area contributed by atoms with E-state index in [1.165, 1.54) is 25.7 Å². The zero-order chi connectivity index (χ0) is 9.23. The van der Waals surface area contributed by atoms with Crippen molar-refractivity contribution >= 4 is 11.6 Å². The molecule has 1 unspecified atom stereocenters. The van der Waals surface area contributed by atoms with E-state index in [1.807, 2.05) is 0 Å². The van der Waals surface area contributed by atoms with Gasteiger partial charge in [0.1, 0.15) is 0 Å². The topological polar surface area (TPSA) is 0 Å². The highest BCUT2D eigenvalue weighted by atomic mass is 35.5. The molecule has 1 heteroatoms. The van der Waals surface area contributed by atoms with Gasteiger partial charge in [-0.2, -0.15) is 0 Å². The van der Waals surface area contributed by atoms with Gasteiger partial charge in [0.15, 0.2) is 0 Å². The van der Waals surface area contributed by atoms with Crippen molar-refractivity contribution in [2.45, 2.75) is 57.7 Å². The third kappa shape index (κ3) is 8.13. The van der Waals surface area contributed by atoms with Crippen molar-refractivity contribution in [2.24, 2.45) is 0 Å². The molecule has 0 nitrogen and oxygen atoms in total. The number of allylic oxidation sites excluding steroid dienone is 2. The number of alkyl halides is 1. The Morgan fingerprint density at radius 2 is 1.92 bits per heavy atom. The van der Waals surface area contributed by atoms with Gasteiger partial charge in [0.25, 0.3) is 0 Å². The molecular formula is C11H21Cl. The number of hydrogen-bond acceptors (Lipinski definition) is 0. The monoisotopic (exact) mass is 188 g/mol. The van der Waals surface area contributed by atoms with Crippen molar-refractivity contribution < 1.29 is 0 Å². The Bertz CT molecular complexity index is 108. The molecule has 0 amide bonds. The molecule has 0 aliphatic heterocycles. The van der Waals surface area contributed by atoms with Crippen LogP contribution in [0.1, 0.15) is 52.4 Å². The Hall–Kier alpha value is 0.0300. The van der Waals surface area contributed by atoms with Crippen molar-refractivity contribution in [1.29, 1.82) is 0 Å². The van der Waals surface area contributed by atoms with Crippen LogP contribution in [0.4, 0.5) is 0 Å². The third-order valence-corrected chi connectivity index (χ3v) is 2.28. The first-order valence-corrected chi connectivity index (χ1v) is 5.55. The minimum atomic E-state index is 0.266. The largest absolute Gasteiger partial charge is 0.118 e. The summed E-state index contributed by atoms with van der Waals surface area (Å²) in [5.74, 6) is 0. The Labute approximate surface area is 82.0 Å². The van der Waals surface area contributed by atoms with Gasteiger partial charge in [-0.25, -0.2) is 0 Å². The SMILES string of the molecule is CCC=CC(Cl)CCCCCC. The smallest absolute Gasteiger partial charge is 0.0516 e. The Morgan fingerprint density at radius 3 is 2.50 bits per heavy atom. The van der Waals surface area contributed by atoms with Crippen LogP contribution in [0.15, 0.2) is 12.2 Å². The van der Waals surface area contributed by atoms with Crippen LogP contribution < -0.4 is 0 Å². The predicted octanol–water partition coefficient (Wildman–Crippen LogP) is 4.53. The van der Waals surface area contributed by atoms with Gasteiger partial charge < -0.3 is 0 Å². The van der Waals surface area contributed by atoms with Gasteiger partial charge in [-0.15, -0.1) is 11.6 Å². The normalized spacial score (nSPS) is 13.9. The van der Waals surface area contributed by atoms with Gasteiger partial charge in [0.05, 0.1) is 5.38 Å². The van der Waals surface area contributed by atoms with Crippen molar-refractivity contribution in [3.05, 3.63) is 12.2 Å². The third-order valence-electron chi connectivity index (χ3n) is 1.91. The fraction of sp³-hybridized carbons (Fsp3) is 0.818. The second kappa shape index (κ2) is 9.12. The molecule has 1 atom stereocenters. The van der Waals surface area contributed by atoms with E-state index in [9.17, 15) is 0 Å². The van der Waals surface area contributed by atoms with E-state index in [-0.39, 0.29) is 5.38 Å². The van der Waals surface area contributed by atoms with Crippen LogP contribution in [0.2, 0.25) is 0 Å². The molecule has 0 heterocycles. The Morgan fingerprint density at radius 1 is 1.17 bits per heavy atom. The fourth-order valence-corrected chi connectivity index (χ4v) is 1.40. The molecule has 0 saturated carbocycles. The summed E-state index contributed by atoms with van der Waals surface area (Å²) < 4.78 is 0. The number of unbranched alkanes of at least 4 members (excludes halogenated alkanes) is 3. The maximum Gasteiger partial charge on any atom is 0.0516 e. The molecule has 0 bridgehead atoms. The van der Waals surface area contributed by atoms with Crippen LogP contribution in [0, 0.1) is 0 Å². The molecule has 0 aliphatic carbocycles. The Balaban J connectivity index is 3.19. The van der Waals surface area contributed by atoms with E-state index in [0.717, 1.165) is 12.8 Å². The standard InChI is InChI=1S/C11H21Cl/c1-3-5-7-8-10-11(12)9-6-4-2/h6,9,11H,3-5,7-8,10H2,1-2H3. The minimum absolute atomic E-state index is 0.266. The van der Waals surface area contributed by atoms with Crippen LogP contribution in [0.5, 0.6) is 0 Å². The van der Waals surface area contributed by atoms with Gasteiger partial charge in [0.2, 0.25) is 0 Å². The maximum atomic E-state index is 6.05. The summed E-state index contributed by atoms with van der Waals surface area (Å²) in [6, 6.07) is 0. The van der Waals surface area contributed by atoms with Crippen LogP contribution in [0.3, 0.4) is 0 Å². The summed E-state index contributed by atoms with van der Waals surface area (Å²) in [5, 5.41) is 0.266. The predicted molar refractivity (Wildman–Crippen MR) is 57.8 cm³/mol. The first kappa shape index (κ1) is 12.0. The zero-order valence-corrected chi connectivity index (χ0v) is 9.11. The molecule has 0 rings (SSSR count). The summed E-state index contributed by atoms with van der Waals surface area (Å²) in [6.45, 7) is 4.37. The lowest BCUT2D eigenvalue weighted by atomic mass is 10.1. The van der Waals surface area contributed by atoms with Gasteiger partial charge in [0, 0.05) is 0 Å². The van der Waals surface area contributed by atoms with Gasteiger partial charge in [-0.1, -0.05) is 51.7 Å². The molecule has 0 fully saturated rings. The second-order valence-electron chi connectivity index (χ2n) is 3.20. The quantitative estimate of drug-likeness (QED) is 0.313. The van der Waals surface area contributed by atoms with Crippen LogP contribution in [-0.4, -0.2) is 5.38 Å². The summed E-state index contributed by atoms with van der Waals surface area (Å²) >= 11 is 6.05. The lowest BCUT2D eigenvalue weighted by molar-refractivity contribution is 0.639. The molecule has 0 N–H and O–H groups in total. The highest BCUT2D eigenvalue weighted by Gasteiger charge is 1.97. The molecule has 0 saturated heterocycles. The van der Waals surface area contributed by atoms with Gasteiger partial charge in [-0.3, -0.25) is 0 Å². The average molecular weight is 189 g/mol.